The molecule has 37 heavy (non-hydrogen) atoms. The summed E-state index contributed by atoms with van der Waals surface area (Å²) in [6.45, 7) is -2.70. The van der Waals surface area contributed by atoms with E-state index in [1.807, 2.05) is 5.32 Å². The van der Waals surface area contributed by atoms with E-state index in [0.717, 1.165) is 4.68 Å². The second kappa shape index (κ2) is 10.5. The molecule has 2 rings (SSSR count). The zero-order valence-electron chi connectivity index (χ0n) is 18.3. The molecule has 18 heteroatoms. The van der Waals surface area contributed by atoms with Crippen molar-refractivity contribution in [2.45, 2.75) is 44.1 Å². The van der Waals surface area contributed by atoms with Crippen LogP contribution >= 0.6 is 11.6 Å². The fraction of sp³-hybridized carbons (Fsp3) is 0.474. The molecule has 0 aliphatic heterocycles. The van der Waals surface area contributed by atoms with Gasteiger partial charge in [-0.3, -0.25) is 9.48 Å². The molecule has 0 fully saturated rings. The van der Waals surface area contributed by atoms with E-state index in [1.165, 1.54) is 7.05 Å². The van der Waals surface area contributed by atoms with Crippen LogP contribution in [-0.4, -0.2) is 46.5 Å². The van der Waals surface area contributed by atoms with Gasteiger partial charge in [0.15, 0.2) is 24.0 Å². The predicted molar refractivity (Wildman–Crippen MR) is 101 cm³/mol. The minimum Gasteiger partial charge on any atom is -0.481 e. The molecule has 0 bridgehead atoms. The molecule has 0 saturated carbocycles. The van der Waals surface area contributed by atoms with Gasteiger partial charge in [0.05, 0.1) is 10.7 Å². The number of hydrogen-bond acceptors (Lipinski definition) is 3. The van der Waals surface area contributed by atoms with Crippen molar-refractivity contribution in [1.82, 2.24) is 15.1 Å². The maximum atomic E-state index is 14.3. The number of ether oxygens (including phenoxy) is 1. The Kier molecular flexibility index (Phi) is 8.61. The van der Waals surface area contributed by atoms with Gasteiger partial charge in [0.25, 0.3) is 5.91 Å². The Bertz CT molecular complexity index is 1160. The van der Waals surface area contributed by atoms with Crippen LogP contribution in [0, 0.1) is 23.3 Å². The van der Waals surface area contributed by atoms with E-state index in [1.54, 1.807) is 6.92 Å². The molecule has 0 unspecified atom stereocenters. The first kappa shape index (κ1) is 30.4. The Labute approximate surface area is 204 Å². The Morgan fingerprint density at radius 3 is 1.97 bits per heavy atom. The average molecular weight is 580 g/mol. The Morgan fingerprint density at radius 2 is 1.54 bits per heavy atom. The van der Waals surface area contributed by atoms with Crippen LogP contribution in [0.5, 0.6) is 5.75 Å². The lowest BCUT2D eigenvalue weighted by Crippen LogP contribution is -2.59. The van der Waals surface area contributed by atoms with Crippen molar-refractivity contribution in [2.75, 3.05) is 6.61 Å². The van der Waals surface area contributed by atoms with Crippen molar-refractivity contribution in [3.8, 4) is 5.75 Å². The molecule has 1 N–H and O–H groups in total. The number of carbonyl (C=O) groups is 1. The Balaban J connectivity index is 2.31. The Morgan fingerprint density at radius 1 is 1.03 bits per heavy atom. The molecule has 1 aromatic carbocycles. The molecule has 2 aromatic rings. The molecule has 0 saturated heterocycles. The first-order chi connectivity index (χ1) is 16.8. The molecule has 0 spiro atoms. The monoisotopic (exact) mass is 579 g/mol. The first-order valence-corrected chi connectivity index (χ1v) is 10.1. The minimum atomic E-state index is -6.80. The molecule has 0 atom stereocenters. The summed E-state index contributed by atoms with van der Waals surface area (Å²) in [5.74, 6) is -32.9. The van der Waals surface area contributed by atoms with E-state index in [-0.39, 0.29) is 22.8 Å². The molecule has 0 radical (unpaired) electrons. The highest BCUT2D eigenvalue weighted by atomic mass is 35.5. The van der Waals surface area contributed by atoms with Gasteiger partial charge in [0.2, 0.25) is 11.6 Å². The maximum absolute atomic E-state index is 14.3. The van der Waals surface area contributed by atoms with Crippen LogP contribution in [0.25, 0.3) is 0 Å². The summed E-state index contributed by atoms with van der Waals surface area (Å²) in [4.78, 5) is 12.3. The summed E-state index contributed by atoms with van der Waals surface area (Å²) >= 11 is 5.96. The van der Waals surface area contributed by atoms with Crippen LogP contribution in [0.2, 0.25) is 5.02 Å². The SMILES string of the molecule is CCc1nn(C)c(C(=O)NCc2c(F)c(F)c(OCC(F)(F)C(F)(F)C(F)(F)C(F)F)c(F)c2F)c1Cl. The topological polar surface area (TPSA) is 56.2 Å². The number of alkyl halides is 8. The van der Waals surface area contributed by atoms with Gasteiger partial charge in [-0.25, -0.2) is 17.6 Å². The second-order valence-electron chi connectivity index (χ2n) is 7.32. The maximum Gasteiger partial charge on any atom is 0.381 e. The zero-order chi connectivity index (χ0) is 28.7. The van der Waals surface area contributed by atoms with Gasteiger partial charge in [0.1, 0.15) is 5.69 Å². The number of aromatic nitrogens is 2. The van der Waals surface area contributed by atoms with E-state index >= 15 is 0 Å². The molecular formula is C19H14ClF12N3O2. The highest BCUT2D eigenvalue weighted by molar-refractivity contribution is 6.34. The normalized spacial score (nSPS) is 12.9. The zero-order valence-corrected chi connectivity index (χ0v) is 19.1. The van der Waals surface area contributed by atoms with Crippen molar-refractivity contribution < 1.29 is 62.2 Å². The average Bonchev–Trinajstić information content (AvgIpc) is 3.10. The largest absolute Gasteiger partial charge is 0.481 e. The van der Waals surface area contributed by atoms with Gasteiger partial charge in [-0.2, -0.15) is 40.2 Å². The van der Waals surface area contributed by atoms with Gasteiger partial charge in [0, 0.05) is 19.2 Å². The van der Waals surface area contributed by atoms with Crippen molar-refractivity contribution in [1.29, 1.82) is 0 Å². The lowest BCUT2D eigenvalue weighted by atomic mass is 10.1. The van der Waals surface area contributed by atoms with Gasteiger partial charge in [-0.1, -0.05) is 18.5 Å². The fourth-order valence-corrected chi connectivity index (χ4v) is 3.23. The van der Waals surface area contributed by atoms with Crippen LogP contribution in [0.1, 0.15) is 28.7 Å². The number of rotatable bonds is 10. The number of amides is 1. The number of hydrogen-bond donors (Lipinski definition) is 1. The van der Waals surface area contributed by atoms with Crippen molar-refractivity contribution >= 4 is 17.5 Å². The third kappa shape index (κ3) is 5.27. The molecule has 1 amide bonds. The van der Waals surface area contributed by atoms with Crippen LogP contribution in [0.4, 0.5) is 52.7 Å². The lowest BCUT2D eigenvalue weighted by molar-refractivity contribution is -0.342. The molecule has 1 heterocycles. The summed E-state index contributed by atoms with van der Waals surface area (Å²) in [6.07, 6.45) is -4.99. The van der Waals surface area contributed by atoms with E-state index < -0.39 is 77.8 Å². The second-order valence-corrected chi connectivity index (χ2v) is 7.70. The van der Waals surface area contributed by atoms with Crippen LogP contribution in [0.15, 0.2) is 0 Å². The predicted octanol–water partition coefficient (Wildman–Crippen LogP) is 5.67. The highest BCUT2D eigenvalue weighted by Gasteiger charge is 2.75. The number of aryl methyl sites for hydroxylation is 2. The van der Waals surface area contributed by atoms with Gasteiger partial charge >= 0.3 is 24.2 Å². The van der Waals surface area contributed by atoms with E-state index in [0.29, 0.717) is 0 Å². The third-order valence-corrected chi connectivity index (χ3v) is 5.29. The van der Waals surface area contributed by atoms with Crippen molar-refractivity contribution in [3.05, 3.63) is 45.2 Å². The van der Waals surface area contributed by atoms with Crippen molar-refractivity contribution in [3.63, 3.8) is 0 Å². The summed E-state index contributed by atoms with van der Waals surface area (Å²) in [5, 5.41) is 5.64. The number of halogens is 13. The number of nitrogens with one attached hydrogen (secondary N) is 1. The number of nitrogens with zero attached hydrogens (tertiary/aromatic N) is 2. The first-order valence-electron chi connectivity index (χ1n) is 9.72. The quantitative estimate of drug-likeness (QED) is 0.292. The van der Waals surface area contributed by atoms with Crippen LogP contribution in [0.3, 0.4) is 0 Å². The van der Waals surface area contributed by atoms with Gasteiger partial charge in [-0.05, 0) is 6.42 Å². The molecule has 5 nitrogen and oxygen atoms in total. The molecule has 0 aliphatic rings. The Hall–Kier alpha value is -2.85. The van der Waals surface area contributed by atoms with E-state index in [2.05, 4.69) is 9.84 Å². The smallest absolute Gasteiger partial charge is 0.381 e. The fourth-order valence-electron chi connectivity index (χ4n) is 2.85. The van der Waals surface area contributed by atoms with Gasteiger partial charge in [-0.15, -0.1) is 0 Å². The molecule has 208 valence electrons. The lowest BCUT2D eigenvalue weighted by Gasteiger charge is -2.32. The van der Waals surface area contributed by atoms with Gasteiger partial charge < -0.3 is 10.1 Å². The summed E-state index contributed by atoms with van der Waals surface area (Å²) in [7, 11) is 1.28. The minimum absolute atomic E-state index is 0.139. The standard InChI is InChI=1S/C19H14ClF12N3O2/c1-3-7-8(20)13(35(2)34-7)15(36)33-4-6-9(21)11(23)14(12(24)10(6)22)37-5-17(27,28)19(31,32)18(29,30)16(25)26/h16H,3-5H2,1-2H3,(H,33,36). The van der Waals surface area contributed by atoms with Crippen LogP contribution < -0.4 is 10.1 Å². The highest BCUT2D eigenvalue weighted by Crippen LogP contribution is 2.48. The summed E-state index contributed by atoms with van der Waals surface area (Å²) in [5.41, 5.74) is -1.56. The molecule has 1 aromatic heterocycles. The summed E-state index contributed by atoms with van der Waals surface area (Å²) in [6, 6.07) is 0. The molecular weight excluding hydrogens is 566 g/mol. The molecule has 0 aliphatic carbocycles. The number of benzene rings is 1. The van der Waals surface area contributed by atoms with Crippen LogP contribution in [-0.2, 0) is 20.0 Å². The number of carbonyl (C=O) groups excluding carboxylic acids is 1. The van der Waals surface area contributed by atoms with Crippen molar-refractivity contribution in [2.24, 2.45) is 7.05 Å². The third-order valence-electron chi connectivity index (χ3n) is 4.90. The summed E-state index contributed by atoms with van der Waals surface area (Å²) < 4.78 is 165. The van der Waals surface area contributed by atoms with E-state index in [9.17, 15) is 57.5 Å². The van der Waals surface area contributed by atoms with E-state index in [4.69, 9.17) is 11.6 Å².